The van der Waals surface area contributed by atoms with E-state index in [1.54, 1.807) is 0 Å². The second-order valence-corrected chi connectivity index (χ2v) is 6.16. The first-order valence-corrected chi connectivity index (χ1v) is 7.80. The Morgan fingerprint density at radius 1 is 0.833 bits per heavy atom. The molecule has 0 radical (unpaired) electrons. The van der Waals surface area contributed by atoms with Gasteiger partial charge in [0.1, 0.15) is 0 Å². The second-order valence-electron chi connectivity index (χ2n) is 4.43. The van der Waals surface area contributed by atoms with Gasteiger partial charge >= 0.3 is 9.28 Å². The molecule has 0 aromatic heterocycles. The Morgan fingerprint density at radius 3 is 1.50 bits per heavy atom. The maximum atomic E-state index is 10.1. The lowest BCUT2D eigenvalue weighted by Crippen LogP contribution is -2.44. The van der Waals surface area contributed by atoms with E-state index in [4.69, 9.17) is 0 Å². The molecule has 0 fully saturated rings. The summed E-state index contributed by atoms with van der Waals surface area (Å²) in [6.45, 7) is 2.01. The molecule has 0 aliphatic heterocycles. The topological polar surface area (TPSA) is 40.5 Å². The SMILES string of the molecule is CCC(c1ccccc1)(c1ccccc1)[SiH](O)O. The highest BCUT2D eigenvalue weighted by molar-refractivity contribution is 6.47. The average molecular weight is 258 g/mol. The molecule has 0 saturated carbocycles. The van der Waals surface area contributed by atoms with E-state index < -0.39 is 14.3 Å². The monoisotopic (exact) mass is 258 g/mol. The lowest BCUT2D eigenvalue weighted by atomic mass is 9.88. The van der Waals surface area contributed by atoms with Crippen molar-refractivity contribution in [3.63, 3.8) is 0 Å². The van der Waals surface area contributed by atoms with Crippen LogP contribution in [-0.2, 0) is 5.04 Å². The summed E-state index contributed by atoms with van der Waals surface area (Å²) < 4.78 is 0. The molecular weight excluding hydrogens is 240 g/mol. The average Bonchev–Trinajstić information content (AvgIpc) is 2.42. The van der Waals surface area contributed by atoms with Crippen molar-refractivity contribution in [3.8, 4) is 0 Å². The van der Waals surface area contributed by atoms with Crippen LogP contribution >= 0.6 is 0 Å². The molecule has 18 heavy (non-hydrogen) atoms. The Hall–Kier alpha value is -1.42. The van der Waals surface area contributed by atoms with Gasteiger partial charge in [-0.1, -0.05) is 67.6 Å². The van der Waals surface area contributed by atoms with Crippen molar-refractivity contribution in [2.75, 3.05) is 0 Å². The van der Waals surface area contributed by atoms with Crippen LogP contribution < -0.4 is 0 Å². The highest BCUT2D eigenvalue weighted by Crippen LogP contribution is 2.36. The van der Waals surface area contributed by atoms with Gasteiger partial charge in [-0.05, 0) is 17.5 Å². The van der Waals surface area contributed by atoms with Crippen LogP contribution in [0, 0.1) is 0 Å². The molecule has 0 amide bonds. The van der Waals surface area contributed by atoms with E-state index >= 15 is 0 Å². The zero-order valence-electron chi connectivity index (χ0n) is 10.5. The Bertz CT molecular complexity index is 443. The molecule has 0 aliphatic carbocycles. The minimum Gasteiger partial charge on any atom is -0.412 e. The van der Waals surface area contributed by atoms with Gasteiger partial charge in [-0.15, -0.1) is 0 Å². The zero-order chi connectivity index (χ0) is 13.0. The largest absolute Gasteiger partial charge is 0.412 e. The highest BCUT2D eigenvalue weighted by Gasteiger charge is 2.41. The summed E-state index contributed by atoms with van der Waals surface area (Å²) in [5, 5.41) is -0.622. The molecular formula is C15H18O2Si. The van der Waals surface area contributed by atoms with Gasteiger partial charge in [0.15, 0.2) is 0 Å². The summed E-state index contributed by atoms with van der Waals surface area (Å²) in [6, 6.07) is 19.6. The highest BCUT2D eigenvalue weighted by atomic mass is 28.3. The van der Waals surface area contributed by atoms with E-state index in [1.807, 2.05) is 67.6 Å². The van der Waals surface area contributed by atoms with Crippen molar-refractivity contribution in [1.29, 1.82) is 0 Å². The predicted molar refractivity (Wildman–Crippen MR) is 75.5 cm³/mol. The summed E-state index contributed by atoms with van der Waals surface area (Å²) in [5.74, 6) is 0. The van der Waals surface area contributed by atoms with Gasteiger partial charge in [-0.3, -0.25) is 0 Å². The van der Waals surface area contributed by atoms with Gasteiger partial charge in [0.05, 0.1) is 5.04 Å². The van der Waals surface area contributed by atoms with Crippen LogP contribution in [-0.4, -0.2) is 18.9 Å². The van der Waals surface area contributed by atoms with Crippen LogP contribution in [0.3, 0.4) is 0 Å². The van der Waals surface area contributed by atoms with Crippen molar-refractivity contribution < 1.29 is 9.59 Å². The van der Waals surface area contributed by atoms with Crippen molar-refractivity contribution >= 4 is 9.28 Å². The normalized spacial score (nSPS) is 11.8. The molecule has 0 atom stereocenters. The standard InChI is InChI=1S/C15H18O2Si/c1-2-15(18(16)17,13-9-5-3-6-10-13)14-11-7-4-8-12-14/h3-12,16-18H,2H2,1H3. The first-order chi connectivity index (χ1) is 8.71. The molecule has 0 saturated heterocycles. The number of hydrogen-bond donors (Lipinski definition) is 2. The summed E-state index contributed by atoms with van der Waals surface area (Å²) >= 11 is 0. The van der Waals surface area contributed by atoms with Gasteiger partial charge in [-0.2, -0.15) is 0 Å². The van der Waals surface area contributed by atoms with E-state index in [2.05, 4.69) is 0 Å². The maximum Gasteiger partial charge on any atom is 0.331 e. The molecule has 0 aliphatic rings. The third-order valence-corrected chi connectivity index (χ3v) is 5.53. The molecule has 2 aromatic rings. The molecule has 0 spiro atoms. The van der Waals surface area contributed by atoms with Gasteiger partial charge < -0.3 is 9.59 Å². The van der Waals surface area contributed by atoms with Crippen molar-refractivity contribution in [2.45, 2.75) is 18.4 Å². The fraction of sp³-hybridized carbons (Fsp3) is 0.200. The summed E-state index contributed by atoms with van der Waals surface area (Å²) in [5.41, 5.74) is 1.97. The predicted octanol–water partition coefficient (Wildman–Crippen LogP) is 2.13. The van der Waals surface area contributed by atoms with Crippen LogP contribution in [0.4, 0.5) is 0 Å². The molecule has 0 unspecified atom stereocenters. The third-order valence-electron chi connectivity index (χ3n) is 3.58. The summed E-state index contributed by atoms with van der Waals surface area (Å²) in [6.07, 6.45) is 0.685. The fourth-order valence-electron chi connectivity index (χ4n) is 2.53. The van der Waals surface area contributed by atoms with E-state index in [0.29, 0.717) is 6.42 Å². The molecule has 94 valence electrons. The molecule has 0 heterocycles. The molecule has 2 nitrogen and oxygen atoms in total. The molecule has 3 heteroatoms. The Kier molecular flexibility index (Phi) is 3.96. The second kappa shape index (κ2) is 5.48. The number of rotatable bonds is 4. The zero-order valence-corrected chi connectivity index (χ0v) is 11.6. The van der Waals surface area contributed by atoms with Gasteiger partial charge in [0, 0.05) is 0 Å². The van der Waals surface area contributed by atoms with Gasteiger partial charge in [0.25, 0.3) is 0 Å². The van der Waals surface area contributed by atoms with E-state index in [1.165, 1.54) is 0 Å². The first-order valence-electron chi connectivity index (χ1n) is 6.19. The van der Waals surface area contributed by atoms with E-state index in [-0.39, 0.29) is 0 Å². The number of hydrogen-bond acceptors (Lipinski definition) is 2. The Morgan fingerprint density at radius 2 is 1.22 bits per heavy atom. The van der Waals surface area contributed by atoms with Gasteiger partial charge in [0.2, 0.25) is 0 Å². The molecule has 2 aromatic carbocycles. The van der Waals surface area contributed by atoms with Crippen molar-refractivity contribution in [2.24, 2.45) is 0 Å². The summed E-state index contributed by atoms with van der Waals surface area (Å²) in [4.78, 5) is 20.1. The molecule has 0 bridgehead atoms. The van der Waals surface area contributed by atoms with E-state index in [0.717, 1.165) is 11.1 Å². The minimum atomic E-state index is -2.87. The minimum absolute atomic E-state index is 0.622. The van der Waals surface area contributed by atoms with Crippen LogP contribution in [0.25, 0.3) is 0 Å². The maximum absolute atomic E-state index is 10.1. The Labute approximate surface area is 109 Å². The lowest BCUT2D eigenvalue weighted by Gasteiger charge is -2.34. The van der Waals surface area contributed by atoms with Crippen LogP contribution in [0.5, 0.6) is 0 Å². The molecule has 2 N–H and O–H groups in total. The smallest absolute Gasteiger partial charge is 0.331 e. The Balaban J connectivity index is 2.61. The van der Waals surface area contributed by atoms with Crippen LogP contribution in [0.1, 0.15) is 24.5 Å². The van der Waals surface area contributed by atoms with Crippen molar-refractivity contribution in [1.82, 2.24) is 0 Å². The summed E-state index contributed by atoms with van der Waals surface area (Å²) in [7, 11) is -2.87. The van der Waals surface area contributed by atoms with Crippen LogP contribution in [0.2, 0.25) is 0 Å². The van der Waals surface area contributed by atoms with E-state index in [9.17, 15) is 9.59 Å². The quantitative estimate of drug-likeness (QED) is 0.825. The van der Waals surface area contributed by atoms with Crippen molar-refractivity contribution in [3.05, 3.63) is 71.8 Å². The first kappa shape index (κ1) is 13.0. The third kappa shape index (κ3) is 2.12. The van der Waals surface area contributed by atoms with Crippen LogP contribution in [0.15, 0.2) is 60.7 Å². The number of benzene rings is 2. The lowest BCUT2D eigenvalue weighted by molar-refractivity contribution is 0.356. The fourth-order valence-corrected chi connectivity index (χ4v) is 3.87. The molecule has 2 rings (SSSR count). The van der Waals surface area contributed by atoms with Gasteiger partial charge in [-0.25, -0.2) is 0 Å².